The van der Waals surface area contributed by atoms with Gasteiger partial charge in [0.15, 0.2) is 0 Å². The third-order valence-electron chi connectivity index (χ3n) is 3.34. The molecular formula is C13H19NO4. The van der Waals surface area contributed by atoms with Crippen LogP contribution < -0.4 is 0 Å². The van der Waals surface area contributed by atoms with Gasteiger partial charge in [-0.15, -0.1) is 0 Å². The van der Waals surface area contributed by atoms with Crippen molar-refractivity contribution in [1.82, 2.24) is 4.98 Å². The van der Waals surface area contributed by atoms with Gasteiger partial charge in [-0.3, -0.25) is 0 Å². The maximum atomic E-state index is 11.1. The van der Waals surface area contributed by atoms with Crippen LogP contribution in [0.15, 0.2) is 4.42 Å². The number of aromatic nitrogens is 1. The molecule has 0 radical (unpaired) electrons. The van der Waals surface area contributed by atoms with Crippen LogP contribution >= 0.6 is 0 Å². The van der Waals surface area contributed by atoms with Crippen LogP contribution in [-0.4, -0.2) is 28.8 Å². The molecule has 0 saturated carbocycles. The number of ether oxygens (including phenoxy) is 1. The second kappa shape index (κ2) is 5.10. The summed E-state index contributed by atoms with van der Waals surface area (Å²) in [7, 11) is 0. The molecule has 2 heterocycles. The fourth-order valence-corrected chi connectivity index (χ4v) is 2.39. The maximum Gasteiger partial charge on any atom is 0.373 e. The lowest BCUT2D eigenvalue weighted by Gasteiger charge is -2.12. The number of nitrogens with zero attached hydrogens (tertiary/aromatic N) is 1. The third-order valence-corrected chi connectivity index (χ3v) is 3.34. The van der Waals surface area contributed by atoms with E-state index in [9.17, 15) is 4.79 Å². The molecule has 0 aromatic carbocycles. The molecule has 5 nitrogen and oxygen atoms in total. The molecule has 2 rings (SSSR count). The average molecular weight is 253 g/mol. The van der Waals surface area contributed by atoms with E-state index in [4.69, 9.17) is 14.3 Å². The van der Waals surface area contributed by atoms with E-state index in [-0.39, 0.29) is 23.7 Å². The summed E-state index contributed by atoms with van der Waals surface area (Å²) in [6.07, 6.45) is 1.81. The smallest absolute Gasteiger partial charge is 0.373 e. The summed E-state index contributed by atoms with van der Waals surface area (Å²) < 4.78 is 11.1. The Labute approximate surface area is 106 Å². The van der Waals surface area contributed by atoms with Crippen molar-refractivity contribution in [3.05, 3.63) is 17.3 Å². The molecule has 0 bridgehead atoms. The highest BCUT2D eigenvalue weighted by atomic mass is 16.5. The minimum Gasteiger partial charge on any atom is -0.475 e. The third kappa shape index (κ3) is 2.27. The van der Waals surface area contributed by atoms with Gasteiger partial charge in [0.1, 0.15) is 0 Å². The molecule has 1 saturated heterocycles. The van der Waals surface area contributed by atoms with Crippen LogP contribution in [0.4, 0.5) is 0 Å². The van der Waals surface area contributed by atoms with Crippen molar-refractivity contribution < 1.29 is 19.1 Å². The Bertz CT molecular complexity index is 438. The van der Waals surface area contributed by atoms with Crippen LogP contribution in [0.25, 0.3) is 0 Å². The number of aromatic carboxylic acids is 1. The lowest BCUT2D eigenvalue weighted by molar-refractivity contribution is 0.0652. The van der Waals surface area contributed by atoms with E-state index in [1.165, 1.54) is 0 Å². The van der Waals surface area contributed by atoms with Crippen molar-refractivity contribution in [2.45, 2.75) is 51.6 Å². The Morgan fingerprint density at radius 3 is 2.78 bits per heavy atom. The quantitative estimate of drug-likeness (QED) is 0.893. The van der Waals surface area contributed by atoms with Crippen molar-refractivity contribution in [2.24, 2.45) is 0 Å². The Balaban J connectivity index is 2.34. The molecule has 2 unspecified atom stereocenters. The minimum absolute atomic E-state index is 0.0262. The van der Waals surface area contributed by atoms with E-state index >= 15 is 0 Å². The summed E-state index contributed by atoms with van der Waals surface area (Å²) >= 11 is 0. The first-order valence-corrected chi connectivity index (χ1v) is 6.40. The van der Waals surface area contributed by atoms with Crippen LogP contribution in [0.1, 0.15) is 67.6 Å². The van der Waals surface area contributed by atoms with Crippen molar-refractivity contribution in [3.8, 4) is 0 Å². The summed E-state index contributed by atoms with van der Waals surface area (Å²) in [5.41, 5.74) is 0.527. The van der Waals surface area contributed by atoms with Crippen molar-refractivity contribution in [1.29, 1.82) is 0 Å². The van der Waals surface area contributed by atoms with Gasteiger partial charge in [-0.2, -0.15) is 0 Å². The maximum absolute atomic E-state index is 11.1. The van der Waals surface area contributed by atoms with Crippen molar-refractivity contribution in [3.63, 3.8) is 0 Å². The fraction of sp³-hybridized carbons (Fsp3) is 0.692. The Hall–Kier alpha value is -1.36. The van der Waals surface area contributed by atoms with Gasteiger partial charge in [0.2, 0.25) is 11.7 Å². The van der Waals surface area contributed by atoms with Gasteiger partial charge in [0.05, 0.1) is 17.7 Å². The first kappa shape index (κ1) is 13.1. The van der Waals surface area contributed by atoms with E-state index in [1.807, 2.05) is 20.8 Å². The van der Waals surface area contributed by atoms with Gasteiger partial charge in [-0.1, -0.05) is 20.8 Å². The molecule has 18 heavy (non-hydrogen) atoms. The average Bonchev–Trinajstić information content (AvgIpc) is 2.94. The first-order chi connectivity index (χ1) is 8.54. The summed E-state index contributed by atoms with van der Waals surface area (Å²) in [5, 5.41) is 9.13. The van der Waals surface area contributed by atoms with Gasteiger partial charge in [0.25, 0.3) is 0 Å². The molecule has 100 valence electrons. The highest BCUT2D eigenvalue weighted by Crippen LogP contribution is 2.34. The van der Waals surface area contributed by atoms with Crippen LogP contribution in [0.2, 0.25) is 0 Å². The van der Waals surface area contributed by atoms with Gasteiger partial charge in [-0.25, -0.2) is 9.78 Å². The van der Waals surface area contributed by atoms with E-state index < -0.39 is 5.97 Å². The van der Waals surface area contributed by atoms with E-state index in [0.29, 0.717) is 18.2 Å². The summed E-state index contributed by atoms with van der Waals surface area (Å²) in [4.78, 5) is 15.5. The monoisotopic (exact) mass is 253 g/mol. The lowest BCUT2D eigenvalue weighted by Crippen LogP contribution is -2.13. The number of carboxylic acid groups (broad SMARTS) is 1. The Morgan fingerprint density at radius 1 is 1.56 bits per heavy atom. The topological polar surface area (TPSA) is 72.6 Å². The zero-order valence-corrected chi connectivity index (χ0v) is 11.0. The van der Waals surface area contributed by atoms with Gasteiger partial charge in [0, 0.05) is 6.61 Å². The zero-order chi connectivity index (χ0) is 13.3. The standard InChI is InChI=1S/C13H19NO4/c1-4-9-8(5-6-17-9)12-14-10(7(2)3)11(18-12)13(15)16/h7-9H,4-6H2,1-3H3,(H,15,16). The molecule has 1 aliphatic rings. The number of oxazole rings is 1. The van der Waals surface area contributed by atoms with Crippen LogP contribution in [0.5, 0.6) is 0 Å². The molecule has 1 aliphatic heterocycles. The predicted molar refractivity (Wildman–Crippen MR) is 64.9 cm³/mol. The van der Waals surface area contributed by atoms with Gasteiger partial charge >= 0.3 is 5.97 Å². The Kier molecular flexibility index (Phi) is 3.71. The molecule has 1 N–H and O–H groups in total. The van der Waals surface area contributed by atoms with Crippen LogP contribution in [-0.2, 0) is 4.74 Å². The van der Waals surface area contributed by atoms with Gasteiger partial charge in [-0.05, 0) is 18.8 Å². The number of hydrogen-bond acceptors (Lipinski definition) is 4. The lowest BCUT2D eigenvalue weighted by atomic mass is 10.00. The van der Waals surface area contributed by atoms with Crippen molar-refractivity contribution in [2.75, 3.05) is 6.61 Å². The number of carbonyl (C=O) groups is 1. The number of hydrogen-bond donors (Lipinski definition) is 1. The molecule has 1 fully saturated rings. The SMILES string of the molecule is CCC1OCCC1c1nc(C(C)C)c(C(=O)O)o1. The first-order valence-electron chi connectivity index (χ1n) is 6.40. The molecule has 1 aromatic heterocycles. The van der Waals surface area contributed by atoms with E-state index in [1.54, 1.807) is 0 Å². The van der Waals surface area contributed by atoms with Crippen LogP contribution in [0.3, 0.4) is 0 Å². The summed E-state index contributed by atoms with van der Waals surface area (Å²) in [6, 6.07) is 0. The Morgan fingerprint density at radius 2 is 2.28 bits per heavy atom. The predicted octanol–water partition coefficient (Wildman–Crippen LogP) is 2.78. The fourth-order valence-electron chi connectivity index (χ4n) is 2.39. The molecule has 1 aromatic rings. The summed E-state index contributed by atoms with van der Waals surface area (Å²) in [6.45, 7) is 6.56. The number of rotatable bonds is 4. The molecule has 0 spiro atoms. The second-order valence-corrected chi connectivity index (χ2v) is 4.94. The molecule has 2 atom stereocenters. The largest absolute Gasteiger partial charge is 0.475 e. The molecule has 0 amide bonds. The zero-order valence-electron chi connectivity index (χ0n) is 11.0. The highest BCUT2D eigenvalue weighted by Gasteiger charge is 2.34. The molecule has 5 heteroatoms. The normalized spacial score (nSPS) is 23.8. The van der Waals surface area contributed by atoms with Crippen LogP contribution in [0, 0.1) is 0 Å². The molecular weight excluding hydrogens is 234 g/mol. The van der Waals surface area contributed by atoms with Crippen molar-refractivity contribution >= 4 is 5.97 Å². The molecule has 0 aliphatic carbocycles. The minimum atomic E-state index is -1.05. The van der Waals surface area contributed by atoms with E-state index in [2.05, 4.69) is 4.98 Å². The van der Waals surface area contributed by atoms with Gasteiger partial charge < -0.3 is 14.3 Å². The second-order valence-electron chi connectivity index (χ2n) is 4.94. The summed E-state index contributed by atoms with van der Waals surface area (Å²) in [5.74, 6) is -0.441. The highest BCUT2D eigenvalue weighted by molar-refractivity contribution is 5.85. The van der Waals surface area contributed by atoms with E-state index in [0.717, 1.165) is 12.8 Å². The number of carboxylic acids is 1.